The number of methoxy groups -OCH3 is 1. The number of para-hydroxylation sites is 1. The molecule has 0 spiro atoms. The van der Waals surface area contributed by atoms with Crippen molar-refractivity contribution >= 4 is 29.9 Å². The molecule has 1 atom stereocenters. The molecule has 2 aromatic rings. The molecule has 1 unspecified atom stereocenters. The van der Waals surface area contributed by atoms with Gasteiger partial charge in [0.1, 0.15) is 5.82 Å². The Labute approximate surface area is 197 Å². The molecule has 0 bridgehead atoms. The zero-order chi connectivity index (χ0) is 21.9. The zero-order valence-corrected chi connectivity index (χ0v) is 19.9. The average molecular weight is 553 g/mol. The summed E-state index contributed by atoms with van der Waals surface area (Å²) >= 11 is 0. The first-order chi connectivity index (χ1) is 14.5. The molecule has 0 radical (unpaired) electrons. The lowest BCUT2D eigenvalue weighted by Crippen LogP contribution is -2.39. The number of hydrogen-bond acceptors (Lipinski definition) is 4. The topological polar surface area (TPSA) is 64.1 Å². The molecule has 0 saturated carbocycles. The van der Waals surface area contributed by atoms with Gasteiger partial charge in [-0.15, -0.1) is 24.0 Å². The number of rotatable bonds is 10. The van der Waals surface area contributed by atoms with Gasteiger partial charge in [-0.3, -0.25) is 4.99 Å². The molecule has 0 aromatic heterocycles. The second-order valence-corrected chi connectivity index (χ2v) is 6.14. The van der Waals surface area contributed by atoms with Crippen LogP contribution in [0.3, 0.4) is 0 Å². The number of halogens is 4. The van der Waals surface area contributed by atoms with Crippen LogP contribution in [0.4, 0.5) is 13.2 Å². The van der Waals surface area contributed by atoms with Gasteiger partial charge in [0.25, 0.3) is 0 Å². The largest absolute Gasteiger partial charge is 0.490 e. The van der Waals surface area contributed by atoms with Crippen LogP contribution in [0, 0.1) is 5.82 Å². The Bertz CT molecular complexity index is 823. The van der Waals surface area contributed by atoms with E-state index in [9.17, 15) is 13.2 Å². The average Bonchev–Trinajstić information content (AvgIpc) is 2.73. The molecule has 0 aliphatic heterocycles. The normalized spacial score (nSPS) is 12.2. The van der Waals surface area contributed by atoms with Crippen LogP contribution in [-0.2, 0) is 11.3 Å². The molecule has 2 aromatic carbocycles. The number of ether oxygens (including phenoxy) is 3. The molecule has 0 aliphatic carbocycles. The summed E-state index contributed by atoms with van der Waals surface area (Å²) in [5.74, 6) is 0.341. The lowest BCUT2D eigenvalue weighted by Gasteiger charge is -2.20. The Hall–Kier alpha value is -2.21. The highest BCUT2D eigenvalue weighted by molar-refractivity contribution is 14.0. The van der Waals surface area contributed by atoms with Crippen LogP contribution in [0.1, 0.15) is 24.2 Å². The maximum atomic E-state index is 13.1. The lowest BCUT2D eigenvalue weighted by atomic mass is 10.1. The van der Waals surface area contributed by atoms with E-state index < -0.39 is 6.61 Å². The fraction of sp³-hybridized carbons (Fsp3) is 0.381. The summed E-state index contributed by atoms with van der Waals surface area (Å²) in [4.78, 5) is 4.13. The second kappa shape index (κ2) is 14.0. The molecule has 0 fully saturated rings. The fourth-order valence-electron chi connectivity index (χ4n) is 2.80. The first-order valence-corrected chi connectivity index (χ1v) is 9.40. The molecule has 31 heavy (non-hydrogen) atoms. The van der Waals surface area contributed by atoms with Gasteiger partial charge >= 0.3 is 6.61 Å². The van der Waals surface area contributed by atoms with Gasteiger partial charge in [0, 0.05) is 32.8 Å². The second-order valence-electron chi connectivity index (χ2n) is 6.14. The third kappa shape index (κ3) is 8.44. The summed E-state index contributed by atoms with van der Waals surface area (Å²) in [5, 5.41) is 6.16. The first-order valence-electron chi connectivity index (χ1n) is 9.40. The van der Waals surface area contributed by atoms with E-state index in [1.165, 1.54) is 12.1 Å². The molecule has 0 saturated heterocycles. The third-order valence-electron chi connectivity index (χ3n) is 4.22. The number of benzene rings is 2. The minimum atomic E-state index is -2.97. The van der Waals surface area contributed by atoms with Crippen molar-refractivity contribution in [1.29, 1.82) is 0 Å². The molecule has 0 amide bonds. The third-order valence-corrected chi connectivity index (χ3v) is 4.22. The number of nitrogens with zero attached hydrogens (tertiary/aromatic N) is 1. The van der Waals surface area contributed by atoms with Crippen LogP contribution in [0.15, 0.2) is 47.5 Å². The van der Waals surface area contributed by atoms with E-state index in [4.69, 9.17) is 9.47 Å². The van der Waals surface area contributed by atoms with E-state index in [2.05, 4.69) is 20.4 Å². The molecule has 0 heterocycles. The Kier molecular flexibility index (Phi) is 12.1. The Morgan fingerprint density at radius 3 is 2.39 bits per heavy atom. The summed E-state index contributed by atoms with van der Waals surface area (Å²) in [6, 6.07) is 11.0. The number of hydrogen-bond donors (Lipinski definition) is 2. The molecule has 2 rings (SSSR count). The van der Waals surface area contributed by atoms with Gasteiger partial charge in [-0.1, -0.05) is 24.3 Å². The van der Waals surface area contributed by atoms with Gasteiger partial charge in [-0.2, -0.15) is 8.78 Å². The number of nitrogens with one attached hydrogen (secondary N) is 2. The number of alkyl halides is 2. The molecule has 2 N–H and O–H groups in total. The SMILES string of the molecule is CCOc1cccc(CNC(=NC)NCC(OC)c2ccc(F)cc2)c1OC(F)F.I. The van der Waals surface area contributed by atoms with Crippen LogP contribution >= 0.6 is 24.0 Å². The van der Waals surface area contributed by atoms with Crippen molar-refractivity contribution in [3.63, 3.8) is 0 Å². The van der Waals surface area contributed by atoms with Gasteiger partial charge in [0.2, 0.25) is 0 Å². The minimum Gasteiger partial charge on any atom is -0.490 e. The van der Waals surface area contributed by atoms with Gasteiger partial charge in [0.15, 0.2) is 17.5 Å². The highest BCUT2D eigenvalue weighted by Gasteiger charge is 2.16. The standard InChI is InChI=1S/C21H26F3N3O3.HI/c1-4-29-17-7-5-6-15(19(17)30-20(23)24)12-26-21(25-2)27-13-18(28-3)14-8-10-16(22)11-9-14;/h5-11,18,20H,4,12-13H2,1-3H3,(H2,25,26,27);1H. The Morgan fingerprint density at radius 2 is 1.81 bits per heavy atom. The van der Waals surface area contributed by atoms with Gasteiger partial charge in [0.05, 0.1) is 12.7 Å². The summed E-state index contributed by atoms with van der Waals surface area (Å²) in [5.41, 5.74) is 1.30. The highest BCUT2D eigenvalue weighted by atomic mass is 127. The van der Waals surface area contributed by atoms with E-state index in [0.29, 0.717) is 24.7 Å². The zero-order valence-electron chi connectivity index (χ0n) is 17.5. The van der Waals surface area contributed by atoms with Gasteiger partial charge in [-0.25, -0.2) is 4.39 Å². The summed E-state index contributed by atoms with van der Waals surface area (Å²) in [6.45, 7) is -0.351. The maximum absolute atomic E-state index is 13.1. The van der Waals surface area contributed by atoms with Crippen LogP contribution in [0.5, 0.6) is 11.5 Å². The van der Waals surface area contributed by atoms with E-state index in [1.54, 1.807) is 51.4 Å². The van der Waals surface area contributed by atoms with Gasteiger partial charge in [-0.05, 0) is 30.7 Å². The molecule has 6 nitrogen and oxygen atoms in total. The van der Waals surface area contributed by atoms with E-state index in [1.807, 2.05) is 0 Å². The molecular formula is C21H27F3IN3O3. The van der Waals surface area contributed by atoms with E-state index in [-0.39, 0.29) is 53.9 Å². The van der Waals surface area contributed by atoms with Crippen molar-refractivity contribution in [2.24, 2.45) is 4.99 Å². The predicted molar refractivity (Wildman–Crippen MR) is 124 cm³/mol. The van der Waals surface area contributed by atoms with Crippen molar-refractivity contribution in [2.75, 3.05) is 27.3 Å². The van der Waals surface area contributed by atoms with Crippen molar-refractivity contribution in [3.05, 3.63) is 59.4 Å². The highest BCUT2D eigenvalue weighted by Crippen LogP contribution is 2.32. The maximum Gasteiger partial charge on any atom is 0.387 e. The van der Waals surface area contributed by atoms with E-state index >= 15 is 0 Å². The molecule has 172 valence electrons. The van der Waals surface area contributed by atoms with E-state index in [0.717, 1.165) is 5.56 Å². The van der Waals surface area contributed by atoms with Crippen LogP contribution < -0.4 is 20.1 Å². The van der Waals surface area contributed by atoms with Gasteiger partial charge < -0.3 is 24.8 Å². The quantitative estimate of drug-likeness (QED) is 0.258. The summed E-state index contributed by atoms with van der Waals surface area (Å²) < 4.78 is 54.3. The van der Waals surface area contributed by atoms with Crippen LogP contribution in [0.25, 0.3) is 0 Å². The molecule has 10 heteroatoms. The summed E-state index contributed by atoms with van der Waals surface area (Å²) in [6.07, 6.45) is -0.330. The molecular weight excluding hydrogens is 526 g/mol. The first kappa shape index (κ1) is 26.8. The smallest absolute Gasteiger partial charge is 0.387 e. The van der Waals surface area contributed by atoms with Crippen LogP contribution in [0.2, 0.25) is 0 Å². The van der Waals surface area contributed by atoms with Crippen molar-refractivity contribution in [2.45, 2.75) is 26.2 Å². The minimum absolute atomic E-state index is 0. The number of aliphatic imine (C=N–C) groups is 1. The summed E-state index contributed by atoms with van der Waals surface area (Å²) in [7, 11) is 3.14. The Balaban J connectivity index is 0.00000480. The predicted octanol–water partition coefficient (Wildman–Crippen LogP) is 4.50. The van der Waals surface area contributed by atoms with Crippen molar-refractivity contribution in [1.82, 2.24) is 10.6 Å². The lowest BCUT2D eigenvalue weighted by molar-refractivity contribution is -0.0520. The number of guanidine groups is 1. The monoisotopic (exact) mass is 553 g/mol. The van der Waals surface area contributed by atoms with Crippen molar-refractivity contribution < 1.29 is 27.4 Å². The Morgan fingerprint density at radius 1 is 1.10 bits per heavy atom. The molecule has 0 aliphatic rings. The van der Waals surface area contributed by atoms with Crippen molar-refractivity contribution in [3.8, 4) is 11.5 Å². The van der Waals surface area contributed by atoms with Crippen LogP contribution in [-0.4, -0.2) is 39.9 Å². The fourth-order valence-corrected chi connectivity index (χ4v) is 2.80.